The van der Waals surface area contributed by atoms with Crippen LogP contribution in [-0.4, -0.2) is 31.7 Å². The highest BCUT2D eigenvalue weighted by Crippen LogP contribution is 2.18. The maximum Gasteiger partial charge on any atom is 0.242 e. The van der Waals surface area contributed by atoms with Crippen LogP contribution in [0.4, 0.5) is 0 Å². The molecule has 20 heavy (non-hydrogen) atoms. The van der Waals surface area contributed by atoms with Gasteiger partial charge in [0.1, 0.15) is 0 Å². The lowest BCUT2D eigenvalue weighted by atomic mass is 10.1. The number of hydrogen-bond acceptors (Lipinski definition) is 4. The number of rotatable bonds is 5. The standard InChI is InChI=1S/C13H23N3O3S/c1-3-16-9-13(7-12(16)8-14)20(17,18)15-11-4-5-19-10(2)6-11/h7,9-11,15H,3-6,8,14H2,1-2H3. The van der Waals surface area contributed by atoms with E-state index in [1.54, 1.807) is 12.3 Å². The van der Waals surface area contributed by atoms with E-state index in [2.05, 4.69) is 4.72 Å². The van der Waals surface area contributed by atoms with Crippen LogP contribution in [0, 0.1) is 0 Å². The smallest absolute Gasteiger partial charge is 0.242 e. The van der Waals surface area contributed by atoms with Crippen molar-refractivity contribution in [1.29, 1.82) is 0 Å². The van der Waals surface area contributed by atoms with Gasteiger partial charge in [0, 0.05) is 37.6 Å². The van der Waals surface area contributed by atoms with Gasteiger partial charge in [-0.05, 0) is 32.8 Å². The predicted octanol–water partition coefficient (Wildman–Crippen LogP) is 0.812. The second-order valence-corrected chi connectivity index (χ2v) is 6.90. The number of nitrogens with two attached hydrogens (primary N) is 1. The lowest BCUT2D eigenvalue weighted by Gasteiger charge is -2.27. The van der Waals surface area contributed by atoms with Crippen molar-refractivity contribution in [2.45, 2.75) is 56.8 Å². The molecule has 0 spiro atoms. The van der Waals surface area contributed by atoms with Gasteiger partial charge in [0.2, 0.25) is 10.0 Å². The zero-order valence-electron chi connectivity index (χ0n) is 12.0. The molecule has 1 saturated heterocycles. The van der Waals surface area contributed by atoms with Crippen LogP contribution in [0.25, 0.3) is 0 Å². The Morgan fingerprint density at radius 3 is 2.85 bits per heavy atom. The Kier molecular flexibility index (Phi) is 4.85. The Bertz CT molecular complexity index is 532. The van der Waals surface area contributed by atoms with Crippen molar-refractivity contribution in [3.05, 3.63) is 18.0 Å². The van der Waals surface area contributed by atoms with E-state index in [0.29, 0.717) is 37.4 Å². The average molecular weight is 301 g/mol. The maximum absolute atomic E-state index is 12.4. The van der Waals surface area contributed by atoms with Gasteiger partial charge in [-0.1, -0.05) is 0 Å². The number of nitrogens with one attached hydrogen (secondary N) is 1. The van der Waals surface area contributed by atoms with Gasteiger partial charge in [-0.2, -0.15) is 0 Å². The summed E-state index contributed by atoms with van der Waals surface area (Å²) in [6, 6.07) is 1.59. The highest BCUT2D eigenvalue weighted by atomic mass is 32.2. The predicted molar refractivity (Wildman–Crippen MR) is 76.8 cm³/mol. The zero-order chi connectivity index (χ0) is 14.8. The summed E-state index contributed by atoms with van der Waals surface area (Å²) in [6.07, 6.45) is 3.16. The molecule has 1 fully saturated rings. The van der Waals surface area contributed by atoms with Crippen molar-refractivity contribution in [1.82, 2.24) is 9.29 Å². The number of nitrogens with zero attached hydrogens (tertiary/aromatic N) is 1. The van der Waals surface area contributed by atoms with Crippen LogP contribution >= 0.6 is 0 Å². The fourth-order valence-electron chi connectivity index (χ4n) is 2.53. The highest BCUT2D eigenvalue weighted by Gasteiger charge is 2.26. The number of aromatic nitrogens is 1. The molecule has 1 aromatic rings. The topological polar surface area (TPSA) is 86.3 Å². The summed E-state index contributed by atoms with van der Waals surface area (Å²) >= 11 is 0. The minimum atomic E-state index is -3.49. The Hall–Kier alpha value is -0.890. The van der Waals surface area contributed by atoms with Crippen LogP contribution in [0.3, 0.4) is 0 Å². The molecule has 2 atom stereocenters. The first-order chi connectivity index (χ1) is 9.46. The number of aryl methyl sites for hydroxylation is 1. The zero-order valence-corrected chi connectivity index (χ0v) is 12.8. The Morgan fingerprint density at radius 1 is 1.55 bits per heavy atom. The number of ether oxygens (including phenoxy) is 1. The lowest BCUT2D eigenvalue weighted by molar-refractivity contribution is 0.0173. The third-order valence-corrected chi connectivity index (χ3v) is 5.12. The molecule has 0 bridgehead atoms. The molecule has 6 nitrogen and oxygen atoms in total. The number of sulfonamides is 1. The van der Waals surface area contributed by atoms with E-state index in [-0.39, 0.29) is 12.1 Å². The van der Waals surface area contributed by atoms with Crippen LogP contribution in [0.1, 0.15) is 32.4 Å². The summed E-state index contributed by atoms with van der Waals surface area (Å²) in [7, 11) is -3.49. The minimum Gasteiger partial charge on any atom is -0.378 e. The van der Waals surface area contributed by atoms with Crippen LogP contribution in [0.5, 0.6) is 0 Å². The molecule has 114 valence electrons. The molecule has 0 aliphatic carbocycles. The average Bonchev–Trinajstić information content (AvgIpc) is 2.82. The van der Waals surface area contributed by atoms with Crippen LogP contribution in [0.2, 0.25) is 0 Å². The van der Waals surface area contributed by atoms with Crippen molar-refractivity contribution in [3.63, 3.8) is 0 Å². The summed E-state index contributed by atoms with van der Waals surface area (Å²) in [5, 5.41) is 0. The fourth-order valence-corrected chi connectivity index (χ4v) is 3.88. The first-order valence-corrected chi connectivity index (χ1v) is 8.47. The molecular formula is C13H23N3O3S. The third kappa shape index (κ3) is 3.41. The van der Waals surface area contributed by atoms with Gasteiger partial charge in [-0.3, -0.25) is 0 Å². The van der Waals surface area contributed by atoms with E-state index in [9.17, 15) is 8.42 Å². The molecule has 0 radical (unpaired) electrons. The first kappa shape index (κ1) is 15.5. The quantitative estimate of drug-likeness (QED) is 0.843. The van der Waals surface area contributed by atoms with E-state index in [4.69, 9.17) is 10.5 Å². The van der Waals surface area contributed by atoms with Crippen molar-refractivity contribution in [2.24, 2.45) is 5.73 Å². The second-order valence-electron chi connectivity index (χ2n) is 5.18. The first-order valence-electron chi connectivity index (χ1n) is 6.99. The van der Waals surface area contributed by atoms with Crippen LogP contribution in [-0.2, 0) is 27.8 Å². The molecule has 0 amide bonds. The molecule has 7 heteroatoms. The van der Waals surface area contributed by atoms with Gasteiger partial charge in [0.15, 0.2) is 0 Å². The molecule has 1 aliphatic heterocycles. The van der Waals surface area contributed by atoms with E-state index >= 15 is 0 Å². The van der Waals surface area contributed by atoms with Gasteiger partial charge in [0.05, 0.1) is 11.0 Å². The Balaban J connectivity index is 2.15. The van der Waals surface area contributed by atoms with Gasteiger partial charge in [0.25, 0.3) is 0 Å². The monoisotopic (exact) mass is 301 g/mol. The van der Waals surface area contributed by atoms with Gasteiger partial charge in [-0.25, -0.2) is 13.1 Å². The lowest BCUT2D eigenvalue weighted by Crippen LogP contribution is -2.41. The van der Waals surface area contributed by atoms with Crippen molar-refractivity contribution < 1.29 is 13.2 Å². The Morgan fingerprint density at radius 2 is 2.30 bits per heavy atom. The summed E-state index contributed by atoms with van der Waals surface area (Å²) in [4.78, 5) is 0.291. The minimum absolute atomic E-state index is 0.0601. The largest absolute Gasteiger partial charge is 0.378 e. The molecule has 1 aliphatic rings. The molecule has 0 saturated carbocycles. The summed E-state index contributed by atoms with van der Waals surface area (Å²) in [5.74, 6) is 0. The second kappa shape index (κ2) is 6.26. The SMILES string of the molecule is CCn1cc(S(=O)(=O)NC2CCOC(C)C2)cc1CN. The normalized spacial score (nSPS) is 23.9. The van der Waals surface area contributed by atoms with Crippen molar-refractivity contribution in [2.75, 3.05) is 6.61 Å². The Labute approximate surface area is 120 Å². The summed E-state index contributed by atoms with van der Waals surface area (Å²) in [6.45, 7) is 5.55. The fraction of sp³-hybridized carbons (Fsp3) is 0.692. The molecule has 0 aromatic carbocycles. The molecule has 1 aromatic heterocycles. The van der Waals surface area contributed by atoms with Crippen LogP contribution in [0.15, 0.2) is 17.2 Å². The van der Waals surface area contributed by atoms with E-state index in [1.165, 1.54) is 0 Å². The summed E-state index contributed by atoms with van der Waals surface area (Å²) < 4.78 is 34.9. The van der Waals surface area contributed by atoms with Crippen LogP contribution < -0.4 is 10.5 Å². The molecule has 2 rings (SSSR count). The molecule has 2 unspecified atom stereocenters. The highest BCUT2D eigenvalue weighted by molar-refractivity contribution is 7.89. The maximum atomic E-state index is 12.4. The third-order valence-electron chi connectivity index (χ3n) is 3.63. The van der Waals surface area contributed by atoms with Gasteiger partial charge >= 0.3 is 0 Å². The van der Waals surface area contributed by atoms with Crippen molar-refractivity contribution in [3.8, 4) is 0 Å². The van der Waals surface area contributed by atoms with Crippen molar-refractivity contribution >= 4 is 10.0 Å². The van der Waals surface area contributed by atoms with Gasteiger partial charge in [-0.15, -0.1) is 0 Å². The van der Waals surface area contributed by atoms with E-state index < -0.39 is 10.0 Å². The molecule has 2 heterocycles. The van der Waals surface area contributed by atoms with E-state index in [1.807, 2.05) is 18.4 Å². The summed E-state index contributed by atoms with van der Waals surface area (Å²) in [5.41, 5.74) is 6.46. The number of hydrogen-bond donors (Lipinski definition) is 2. The molecular weight excluding hydrogens is 278 g/mol. The van der Waals surface area contributed by atoms with Gasteiger partial charge < -0.3 is 15.0 Å². The molecule has 3 N–H and O–H groups in total. The van der Waals surface area contributed by atoms with E-state index in [0.717, 1.165) is 5.69 Å².